The molecule has 0 aliphatic carbocycles. The number of hydrogen-bond donors (Lipinski definition) is 1. The molecule has 14 heteroatoms. The summed E-state index contributed by atoms with van der Waals surface area (Å²) in [7, 11) is 3.52. The topological polar surface area (TPSA) is 164 Å². The van der Waals surface area contributed by atoms with Gasteiger partial charge in [-0.1, -0.05) is 61.4 Å². The van der Waals surface area contributed by atoms with Crippen molar-refractivity contribution in [2.45, 2.75) is 135 Å². The minimum absolute atomic E-state index is 0.0575. The highest BCUT2D eigenvalue weighted by Crippen LogP contribution is 2.35. The number of nitrogens with zero attached hydrogens (tertiary/aromatic N) is 1. The van der Waals surface area contributed by atoms with Gasteiger partial charge in [0.15, 0.2) is 18.2 Å². The van der Waals surface area contributed by atoms with Crippen LogP contribution in [0.15, 0.2) is 23.8 Å². The van der Waals surface area contributed by atoms with Crippen LogP contribution in [0.3, 0.4) is 0 Å². The molecule has 0 aromatic rings. The van der Waals surface area contributed by atoms with Crippen molar-refractivity contribution in [3.8, 4) is 0 Å². The summed E-state index contributed by atoms with van der Waals surface area (Å²) in [5.41, 5.74) is 0.718. The van der Waals surface area contributed by atoms with Crippen LogP contribution in [-0.2, 0) is 52.4 Å². The summed E-state index contributed by atoms with van der Waals surface area (Å²) in [6.45, 7) is 14.9. The van der Waals surface area contributed by atoms with E-state index in [0.29, 0.717) is 12.8 Å². The average molecular weight is 789 g/mol. The van der Waals surface area contributed by atoms with E-state index in [2.05, 4.69) is 15.9 Å². The van der Waals surface area contributed by atoms with Crippen molar-refractivity contribution in [2.75, 3.05) is 20.7 Å². The number of cyclic esters (lactones) is 1. The number of hydrogen-bond acceptors (Lipinski definition) is 13. The minimum Gasteiger partial charge on any atom is -0.464 e. The first-order valence-corrected chi connectivity index (χ1v) is 18.6. The summed E-state index contributed by atoms with van der Waals surface area (Å²) in [6, 6.07) is -0.652. The van der Waals surface area contributed by atoms with E-state index in [1.54, 1.807) is 45.8 Å². The van der Waals surface area contributed by atoms with E-state index in [-0.39, 0.29) is 24.7 Å². The number of carbonyl (C=O) groups excluding carboxylic acids is 5. The molecule has 0 radical (unpaired) electrons. The lowest BCUT2D eigenvalue weighted by atomic mass is 9.82. The molecule has 290 valence electrons. The molecular weight excluding hydrogens is 730 g/mol. The van der Waals surface area contributed by atoms with Crippen LogP contribution in [0.1, 0.15) is 81.6 Å². The van der Waals surface area contributed by atoms with Gasteiger partial charge < -0.3 is 33.5 Å². The predicted molar refractivity (Wildman–Crippen MR) is 191 cm³/mol. The highest BCUT2D eigenvalue weighted by molar-refractivity contribution is 9.10. The number of halogens is 1. The van der Waals surface area contributed by atoms with E-state index in [9.17, 15) is 29.1 Å². The molecule has 0 spiro atoms. The Balaban J connectivity index is 2.54. The Morgan fingerprint density at radius 1 is 1.02 bits per heavy atom. The van der Waals surface area contributed by atoms with Crippen LogP contribution in [0.2, 0.25) is 0 Å². The van der Waals surface area contributed by atoms with Gasteiger partial charge in [-0.15, -0.1) is 0 Å². The Morgan fingerprint density at radius 3 is 2.18 bits per heavy atom. The zero-order valence-corrected chi connectivity index (χ0v) is 33.4. The summed E-state index contributed by atoms with van der Waals surface area (Å²) in [6.07, 6.45) is -1.01. The highest BCUT2D eigenvalue weighted by Gasteiger charge is 2.51. The summed E-state index contributed by atoms with van der Waals surface area (Å²) < 4.78 is 35.6. The molecule has 6 unspecified atom stereocenters. The molecule has 1 N–H and O–H groups in total. The molecule has 0 bridgehead atoms. The monoisotopic (exact) mass is 787 g/mol. The van der Waals surface area contributed by atoms with Gasteiger partial charge in [-0.05, 0) is 59.7 Å². The summed E-state index contributed by atoms with van der Waals surface area (Å²) in [5, 5.41) is 11.5. The van der Waals surface area contributed by atoms with E-state index in [0.717, 1.165) is 5.57 Å². The van der Waals surface area contributed by atoms with Gasteiger partial charge in [-0.3, -0.25) is 28.9 Å². The van der Waals surface area contributed by atoms with Crippen molar-refractivity contribution >= 4 is 45.6 Å². The van der Waals surface area contributed by atoms with Crippen LogP contribution in [0, 0.1) is 23.7 Å². The smallest absolute Gasteiger partial charge is 0.319 e. The van der Waals surface area contributed by atoms with Gasteiger partial charge >= 0.3 is 23.9 Å². The molecule has 0 aromatic heterocycles. The number of esters is 4. The quantitative estimate of drug-likeness (QED) is 0.200. The number of alkyl halides is 1. The maximum absolute atomic E-state index is 13.4. The fraction of sp³-hybridized carbons (Fsp3) is 0.757. The summed E-state index contributed by atoms with van der Waals surface area (Å²) in [4.78, 5) is 64.6. The third-order valence-corrected chi connectivity index (χ3v) is 9.78. The number of rotatable bonds is 9. The molecule has 2 aliphatic heterocycles. The second kappa shape index (κ2) is 20.6. The van der Waals surface area contributed by atoms with E-state index >= 15 is 0 Å². The maximum atomic E-state index is 13.4. The van der Waals surface area contributed by atoms with Crippen LogP contribution in [-0.4, -0.2) is 114 Å². The lowest BCUT2D eigenvalue weighted by Crippen LogP contribution is -2.65. The number of carbonyl (C=O) groups is 5. The molecule has 1 saturated heterocycles. The lowest BCUT2D eigenvalue weighted by Gasteiger charge is -2.48. The third kappa shape index (κ3) is 13.4. The van der Waals surface area contributed by atoms with Crippen molar-refractivity contribution < 1.29 is 57.5 Å². The summed E-state index contributed by atoms with van der Waals surface area (Å²) in [5.74, 6) is -4.39. The molecule has 51 heavy (non-hydrogen) atoms. The van der Waals surface area contributed by atoms with Crippen molar-refractivity contribution in [3.63, 3.8) is 0 Å². The molecule has 13 atom stereocenters. The van der Waals surface area contributed by atoms with Gasteiger partial charge in [-0.2, -0.15) is 0 Å². The van der Waals surface area contributed by atoms with Crippen LogP contribution >= 0.6 is 15.9 Å². The van der Waals surface area contributed by atoms with Crippen molar-refractivity contribution in [1.29, 1.82) is 0 Å². The Labute approximate surface area is 310 Å². The fourth-order valence-electron chi connectivity index (χ4n) is 6.70. The van der Waals surface area contributed by atoms with Crippen LogP contribution in [0.4, 0.5) is 0 Å². The second-order valence-electron chi connectivity index (χ2n) is 14.2. The molecule has 2 rings (SSSR count). The van der Waals surface area contributed by atoms with Crippen LogP contribution < -0.4 is 0 Å². The van der Waals surface area contributed by atoms with Gasteiger partial charge in [-0.25, -0.2) is 0 Å². The Morgan fingerprint density at radius 2 is 1.63 bits per heavy atom. The minimum atomic E-state index is -1.24. The van der Waals surface area contributed by atoms with E-state index in [4.69, 9.17) is 28.4 Å². The van der Waals surface area contributed by atoms with Crippen molar-refractivity contribution in [2.24, 2.45) is 23.7 Å². The first kappa shape index (κ1) is 44.5. The number of allylic oxidation sites excluding steroid dienone is 3. The summed E-state index contributed by atoms with van der Waals surface area (Å²) >= 11 is 3.21. The number of ether oxygens (including phenoxy) is 6. The SMILES string of the molecule is CC[C@H]1OC(=O)C[C@@H](O)[C@H](C)[C@@H](OC2OC(C)C(OC(C)=O)C(N(C)C)C2OC(C)=O)[C@@H](C)C[C@@H](C)C(=O)C=CC(C)=C[C@@H]1COC(=O)C(C)Br. The molecular formula is C37H58BrNO12. The number of ketones is 1. The predicted octanol–water partition coefficient (Wildman–Crippen LogP) is 4.31. The number of likely N-dealkylation sites (N-methyl/N-ethyl adjacent to an activating group) is 1. The molecule has 1 fully saturated rings. The Bertz CT molecular complexity index is 1270. The standard InChI is InChI=1S/C37H58BrNO12/c1-12-30-27(18-46-36(45)23(6)38)15-19(2)13-14-28(42)20(3)16-21(4)33(22(5)29(43)17-31(44)50-30)51-37-35(49-26(9)41)32(39(10)11)34(24(7)47-37)48-25(8)40/h13-15,20-24,27,29-30,32-35,37,43H,12,16-18H2,1-11H3/t20-,21+,22+,23?,24?,27-,29-,30-,32?,33+,34?,35?,37?/m1/s1. The normalized spacial score (nSPS) is 35.0. The molecule has 13 nitrogen and oxygen atoms in total. The van der Waals surface area contributed by atoms with Gasteiger partial charge in [0.05, 0.1) is 30.8 Å². The van der Waals surface area contributed by atoms with Gasteiger partial charge in [0.2, 0.25) is 0 Å². The van der Waals surface area contributed by atoms with Crippen molar-refractivity contribution in [1.82, 2.24) is 4.90 Å². The third-order valence-electron chi connectivity index (χ3n) is 9.41. The molecule has 0 amide bonds. The maximum Gasteiger partial charge on any atom is 0.319 e. The van der Waals surface area contributed by atoms with Crippen molar-refractivity contribution in [3.05, 3.63) is 23.8 Å². The van der Waals surface area contributed by atoms with Gasteiger partial charge in [0.1, 0.15) is 23.6 Å². The first-order valence-electron chi connectivity index (χ1n) is 17.7. The Hall–Kier alpha value is -2.65. The zero-order valence-electron chi connectivity index (χ0n) is 31.8. The molecule has 2 aliphatic rings. The van der Waals surface area contributed by atoms with Crippen LogP contribution in [0.5, 0.6) is 0 Å². The lowest BCUT2D eigenvalue weighted by molar-refractivity contribution is -0.307. The van der Waals surface area contributed by atoms with E-state index in [1.807, 2.05) is 33.8 Å². The zero-order chi connectivity index (χ0) is 38.7. The first-order chi connectivity index (χ1) is 23.8. The number of aliphatic hydroxyl groups excluding tert-OH is 1. The number of aliphatic hydroxyl groups is 1. The van der Waals surface area contributed by atoms with E-state index in [1.165, 1.54) is 19.9 Å². The highest BCUT2D eigenvalue weighted by atomic mass is 79.9. The average Bonchev–Trinajstić information content (AvgIpc) is 3.03. The second-order valence-corrected chi connectivity index (χ2v) is 15.5. The van der Waals surface area contributed by atoms with Crippen LogP contribution in [0.25, 0.3) is 0 Å². The van der Waals surface area contributed by atoms with E-state index < -0.39 is 95.4 Å². The Kier molecular flexibility index (Phi) is 17.9. The molecule has 2 heterocycles. The molecule has 0 aromatic carbocycles. The van der Waals surface area contributed by atoms with Gasteiger partial charge in [0, 0.05) is 31.6 Å². The largest absolute Gasteiger partial charge is 0.464 e. The van der Waals surface area contributed by atoms with Gasteiger partial charge in [0.25, 0.3) is 0 Å². The fourth-order valence-corrected chi connectivity index (χ4v) is 6.83. The molecule has 0 saturated carbocycles.